The number of anilines is 2. The number of carbonyl (C=O) groups excluding carboxylic acids is 2. The summed E-state index contributed by atoms with van der Waals surface area (Å²) in [5.74, 6) is -0.101. The minimum absolute atomic E-state index is 0.0696. The van der Waals surface area contributed by atoms with Gasteiger partial charge in [-0.2, -0.15) is 4.31 Å². The number of rotatable bonds is 8. The first-order chi connectivity index (χ1) is 18.3. The predicted molar refractivity (Wildman–Crippen MR) is 147 cm³/mol. The van der Waals surface area contributed by atoms with Crippen molar-refractivity contribution in [3.63, 3.8) is 0 Å². The summed E-state index contributed by atoms with van der Waals surface area (Å²) in [5, 5.41) is 6.56. The van der Waals surface area contributed by atoms with Gasteiger partial charge in [0.05, 0.1) is 17.1 Å². The Morgan fingerprint density at radius 2 is 1.58 bits per heavy atom. The molecule has 2 heterocycles. The SMILES string of the molecule is CC1CCN(S(=O)(=O)c2ccc(C(=O)CNc3c(C(=O)Nc4ccccc4)oc4ccccc34)cc2)CC1. The normalized spacial score (nSPS) is 14.9. The number of amides is 1. The van der Waals surface area contributed by atoms with Gasteiger partial charge in [0.25, 0.3) is 5.91 Å². The fourth-order valence-electron chi connectivity index (χ4n) is 4.55. The van der Waals surface area contributed by atoms with Crippen LogP contribution in [0.25, 0.3) is 11.0 Å². The van der Waals surface area contributed by atoms with Crippen LogP contribution >= 0.6 is 0 Å². The van der Waals surface area contributed by atoms with E-state index in [1.54, 1.807) is 24.3 Å². The number of furan rings is 1. The number of carbonyl (C=O) groups is 2. The maximum absolute atomic E-state index is 13.0. The zero-order chi connectivity index (χ0) is 26.7. The van der Waals surface area contributed by atoms with Crippen LogP contribution in [-0.4, -0.2) is 44.0 Å². The number of Topliss-reactive ketones (excluding diaryl/α,β-unsaturated/α-hetero) is 1. The summed E-state index contributed by atoms with van der Waals surface area (Å²) in [6.45, 7) is 3.04. The fraction of sp³-hybridized carbons (Fsp3) is 0.241. The van der Waals surface area contributed by atoms with E-state index in [-0.39, 0.29) is 23.0 Å². The van der Waals surface area contributed by atoms with Crippen LogP contribution in [0, 0.1) is 5.92 Å². The number of piperidine rings is 1. The molecule has 8 nitrogen and oxygen atoms in total. The summed E-state index contributed by atoms with van der Waals surface area (Å²) in [5.41, 5.74) is 1.92. The van der Waals surface area contributed by atoms with Gasteiger partial charge in [-0.05, 0) is 67.3 Å². The highest BCUT2D eigenvalue weighted by Crippen LogP contribution is 2.31. The second kappa shape index (κ2) is 10.8. The second-order valence-electron chi connectivity index (χ2n) is 9.51. The summed E-state index contributed by atoms with van der Waals surface area (Å²) in [7, 11) is -3.59. The lowest BCUT2D eigenvalue weighted by molar-refractivity contribution is 0.0991. The van der Waals surface area contributed by atoms with Crippen LogP contribution in [0.4, 0.5) is 11.4 Å². The summed E-state index contributed by atoms with van der Waals surface area (Å²) >= 11 is 0. The molecule has 196 valence electrons. The van der Waals surface area contributed by atoms with Gasteiger partial charge in [-0.15, -0.1) is 0 Å². The number of hydrogen-bond donors (Lipinski definition) is 2. The molecule has 1 amide bonds. The van der Waals surface area contributed by atoms with Crippen molar-refractivity contribution >= 4 is 44.1 Å². The molecule has 0 bridgehead atoms. The van der Waals surface area contributed by atoms with E-state index in [4.69, 9.17) is 4.42 Å². The van der Waals surface area contributed by atoms with Crippen molar-refractivity contribution in [3.05, 3.63) is 90.2 Å². The zero-order valence-corrected chi connectivity index (χ0v) is 21.8. The van der Waals surface area contributed by atoms with Gasteiger partial charge in [-0.1, -0.05) is 37.3 Å². The number of para-hydroxylation sites is 2. The third-order valence-corrected chi connectivity index (χ3v) is 8.73. The Morgan fingerprint density at radius 3 is 2.29 bits per heavy atom. The summed E-state index contributed by atoms with van der Waals surface area (Å²) < 4.78 is 33.3. The molecule has 1 fully saturated rings. The molecule has 0 aliphatic carbocycles. The Labute approximate surface area is 221 Å². The van der Waals surface area contributed by atoms with Crippen molar-refractivity contribution in [2.45, 2.75) is 24.7 Å². The molecule has 3 aromatic carbocycles. The molecule has 9 heteroatoms. The minimum Gasteiger partial charge on any atom is -0.449 e. The number of nitrogens with zero attached hydrogens (tertiary/aromatic N) is 1. The molecule has 38 heavy (non-hydrogen) atoms. The number of sulfonamides is 1. The molecule has 4 aromatic rings. The smallest absolute Gasteiger partial charge is 0.293 e. The van der Waals surface area contributed by atoms with Crippen LogP contribution in [0.1, 0.15) is 40.7 Å². The monoisotopic (exact) mass is 531 g/mol. The van der Waals surface area contributed by atoms with E-state index in [0.29, 0.717) is 46.9 Å². The first-order valence-corrected chi connectivity index (χ1v) is 14.0. The van der Waals surface area contributed by atoms with Gasteiger partial charge < -0.3 is 15.1 Å². The molecule has 1 saturated heterocycles. The molecular weight excluding hydrogens is 502 g/mol. The highest BCUT2D eigenvalue weighted by molar-refractivity contribution is 7.89. The molecule has 0 radical (unpaired) electrons. The van der Waals surface area contributed by atoms with Gasteiger partial charge in [0.1, 0.15) is 5.58 Å². The number of ketones is 1. The molecule has 1 aliphatic heterocycles. The lowest BCUT2D eigenvalue weighted by Gasteiger charge is -2.29. The number of fused-ring (bicyclic) bond motifs is 1. The molecule has 0 atom stereocenters. The van der Waals surface area contributed by atoms with Gasteiger partial charge in [0, 0.05) is 29.7 Å². The third-order valence-electron chi connectivity index (χ3n) is 6.82. The molecule has 5 rings (SSSR count). The first kappa shape index (κ1) is 25.7. The van der Waals surface area contributed by atoms with E-state index in [1.807, 2.05) is 30.3 Å². The Balaban J connectivity index is 1.31. The van der Waals surface area contributed by atoms with Crippen molar-refractivity contribution in [2.75, 3.05) is 30.3 Å². The van der Waals surface area contributed by atoms with Crippen LogP contribution in [0.3, 0.4) is 0 Å². The lowest BCUT2D eigenvalue weighted by Crippen LogP contribution is -2.37. The lowest BCUT2D eigenvalue weighted by atomic mass is 10.0. The Hall–Kier alpha value is -3.95. The Kier molecular flexibility index (Phi) is 7.31. The van der Waals surface area contributed by atoms with E-state index in [0.717, 1.165) is 12.8 Å². The van der Waals surface area contributed by atoms with E-state index in [2.05, 4.69) is 17.6 Å². The van der Waals surface area contributed by atoms with Gasteiger partial charge in [0.2, 0.25) is 15.8 Å². The Morgan fingerprint density at radius 1 is 0.921 bits per heavy atom. The number of nitrogens with one attached hydrogen (secondary N) is 2. The molecule has 0 unspecified atom stereocenters. The second-order valence-corrected chi connectivity index (χ2v) is 11.4. The highest BCUT2D eigenvalue weighted by atomic mass is 32.2. The van der Waals surface area contributed by atoms with E-state index in [1.165, 1.54) is 28.6 Å². The van der Waals surface area contributed by atoms with Crippen molar-refractivity contribution in [1.82, 2.24) is 4.31 Å². The molecule has 0 spiro atoms. The van der Waals surface area contributed by atoms with Crippen LogP contribution in [0.2, 0.25) is 0 Å². The molecule has 1 aromatic heterocycles. The summed E-state index contributed by atoms with van der Waals surface area (Å²) in [4.78, 5) is 26.2. The molecular formula is C29H29N3O5S. The Bertz CT molecular complexity index is 1560. The van der Waals surface area contributed by atoms with Crippen LogP contribution < -0.4 is 10.6 Å². The van der Waals surface area contributed by atoms with Gasteiger partial charge >= 0.3 is 0 Å². The van der Waals surface area contributed by atoms with Crippen molar-refractivity contribution < 1.29 is 22.4 Å². The first-order valence-electron chi connectivity index (χ1n) is 12.6. The molecule has 2 N–H and O–H groups in total. The van der Waals surface area contributed by atoms with E-state index < -0.39 is 15.9 Å². The highest BCUT2D eigenvalue weighted by Gasteiger charge is 2.28. The van der Waals surface area contributed by atoms with Crippen molar-refractivity contribution in [1.29, 1.82) is 0 Å². The van der Waals surface area contributed by atoms with Crippen LogP contribution in [-0.2, 0) is 10.0 Å². The summed E-state index contributed by atoms with van der Waals surface area (Å²) in [6, 6.07) is 22.2. The standard InChI is InChI=1S/C29H29N3O5S/c1-20-15-17-32(18-16-20)38(35,36)23-13-11-21(12-14-23)25(33)19-30-27-24-9-5-6-10-26(24)37-28(27)29(34)31-22-7-3-2-4-8-22/h2-14,20,30H,15-19H2,1H3,(H,31,34). The predicted octanol–water partition coefficient (Wildman–Crippen LogP) is 5.40. The number of hydrogen-bond acceptors (Lipinski definition) is 6. The third kappa shape index (κ3) is 5.34. The van der Waals surface area contributed by atoms with E-state index in [9.17, 15) is 18.0 Å². The van der Waals surface area contributed by atoms with E-state index >= 15 is 0 Å². The topological polar surface area (TPSA) is 109 Å². The fourth-order valence-corrected chi connectivity index (χ4v) is 6.02. The zero-order valence-electron chi connectivity index (χ0n) is 21.0. The summed E-state index contributed by atoms with van der Waals surface area (Å²) in [6.07, 6.45) is 1.69. The van der Waals surface area contributed by atoms with Gasteiger partial charge in [-0.3, -0.25) is 9.59 Å². The molecule has 1 aliphatic rings. The average Bonchev–Trinajstić information content (AvgIpc) is 3.31. The van der Waals surface area contributed by atoms with Gasteiger partial charge in [0.15, 0.2) is 5.78 Å². The van der Waals surface area contributed by atoms with Crippen LogP contribution in [0.15, 0.2) is 88.2 Å². The quantitative estimate of drug-likeness (QED) is 0.295. The maximum atomic E-state index is 13.0. The van der Waals surface area contributed by atoms with Gasteiger partial charge in [-0.25, -0.2) is 8.42 Å². The molecule has 0 saturated carbocycles. The van der Waals surface area contributed by atoms with Crippen LogP contribution in [0.5, 0.6) is 0 Å². The number of benzene rings is 3. The average molecular weight is 532 g/mol. The minimum atomic E-state index is -3.59. The maximum Gasteiger partial charge on any atom is 0.293 e. The van der Waals surface area contributed by atoms with Crippen molar-refractivity contribution in [3.8, 4) is 0 Å². The largest absolute Gasteiger partial charge is 0.449 e. The van der Waals surface area contributed by atoms with Crippen molar-refractivity contribution in [2.24, 2.45) is 5.92 Å².